The predicted octanol–water partition coefficient (Wildman–Crippen LogP) is 1.57. The highest BCUT2D eigenvalue weighted by Gasteiger charge is 2.28. The normalized spacial score (nSPS) is 20.2. The molecule has 1 fully saturated rings. The lowest BCUT2D eigenvalue weighted by Crippen LogP contribution is -2.51. The highest BCUT2D eigenvalue weighted by Crippen LogP contribution is 2.15. The molecule has 2 atom stereocenters. The quantitative estimate of drug-likeness (QED) is 0.902. The van der Waals surface area contributed by atoms with Crippen LogP contribution < -0.4 is 5.73 Å². The second-order valence-electron chi connectivity index (χ2n) is 4.64. The Labute approximate surface area is 122 Å². The number of hydrogen-bond donors (Lipinski definition) is 1. The molecule has 0 aliphatic carbocycles. The molecule has 112 valence electrons. The number of carbonyl (C=O) groups is 1. The van der Waals surface area contributed by atoms with Crippen LogP contribution in [-0.2, 0) is 4.74 Å². The molecule has 0 bridgehead atoms. The van der Waals surface area contributed by atoms with Gasteiger partial charge in [0.25, 0.3) is 5.91 Å². The van der Waals surface area contributed by atoms with Crippen LogP contribution in [0.4, 0.5) is 8.78 Å². The molecule has 1 heterocycles. The van der Waals surface area contributed by atoms with Crippen LogP contribution in [0.5, 0.6) is 0 Å². The zero-order valence-electron chi connectivity index (χ0n) is 11.0. The van der Waals surface area contributed by atoms with E-state index >= 15 is 0 Å². The summed E-state index contributed by atoms with van der Waals surface area (Å²) in [6, 6.07) is 2.72. The van der Waals surface area contributed by atoms with Crippen molar-refractivity contribution in [3.8, 4) is 0 Å². The van der Waals surface area contributed by atoms with E-state index in [1.165, 1.54) is 4.90 Å². The fourth-order valence-corrected chi connectivity index (χ4v) is 2.01. The Bertz CT molecular complexity index is 485. The molecule has 2 N–H and O–H groups in total. The fourth-order valence-electron chi connectivity index (χ4n) is 2.01. The van der Waals surface area contributed by atoms with E-state index in [1.54, 1.807) is 6.92 Å². The number of carbonyl (C=O) groups excluding carboxylic acids is 1. The molecule has 1 aliphatic heterocycles. The summed E-state index contributed by atoms with van der Waals surface area (Å²) in [5.41, 5.74) is 5.60. The first-order valence-corrected chi connectivity index (χ1v) is 6.10. The standard InChI is InChI=1S/C13H16F2N2O2.ClH/c1-8(16)12-7-17(4-5-19-12)13(18)10-3-2-9(14)6-11(10)15;/h2-3,6,8,12H,4-5,7,16H2,1H3;1H. The summed E-state index contributed by atoms with van der Waals surface area (Å²) in [7, 11) is 0. The third-order valence-electron chi connectivity index (χ3n) is 3.13. The van der Waals surface area contributed by atoms with E-state index in [1.807, 2.05) is 0 Å². The lowest BCUT2D eigenvalue weighted by Gasteiger charge is -2.34. The van der Waals surface area contributed by atoms with Gasteiger partial charge < -0.3 is 15.4 Å². The fraction of sp³-hybridized carbons (Fsp3) is 0.462. The minimum atomic E-state index is -0.853. The molecule has 20 heavy (non-hydrogen) atoms. The van der Waals surface area contributed by atoms with Crippen LogP contribution in [0, 0.1) is 11.6 Å². The molecule has 2 rings (SSSR count). The van der Waals surface area contributed by atoms with Crippen molar-refractivity contribution in [1.29, 1.82) is 0 Å². The maximum absolute atomic E-state index is 13.6. The summed E-state index contributed by atoms with van der Waals surface area (Å²) >= 11 is 0. The van der Waals surface area contributed by atoms with Crippen LogP contribution in [-0.4, -0.2) is 42.6 Å². The summed E-state index contributed by atoms with van der Waals surface area (Å²) in [5.74, 6) is -2.02. The lowest BCUT2D eigenvalue weighted by molar-refractivity contribution is -0.0301. The van der Waals surface area contributed by atoms with Gasteiger partial charge in [0.05, 0.1) is 18.3 Å². The number of hydrogen-bond acceptors (Lipinski definition) is 3. The number of amides is 1. The Morgan fingerprint density at radius 3 is 2.80 bits per heavy atom. The van der Waals surface area contributed by atoms with Crippen LogP contribution in [0.3, 0.4) is 0 Å². The Morgan fingerprint density at radius 1 is 1.50 bits per heavy atom. The molecule has 4 nitrogen and oxygen atoms in total. The van der Waals surface area contributed by atoms with E-state index in [0.717, 1.165) is 12.1 Å². The number of morpholine rings is 1. The van der Waals surface area contributed by atoms with E-state index in [4.69, 9.17) is 10.5 Å². The number of benzene rings is 1. The molecule has 2 unspecified atom stereocenters. The maximum atomic E-state index is 13.6. The Balaban J connectivity index is 0.00000200. The van der Waals surface area contributed by atoms with Gasteiger partial charge in [0.15, 0.2) is 0 Å². The molecule has 0 aromatic heterocycles. The van der Waals surface area contributed by atoms with Crippen molar-refractivity contribution in [3.05, 3.63) is 35.4 Å². The van der Waals surface area contributed by atoms with Crippen molar-refractivity contribution < 1.29 is 18.3 Å². The highest BCUT2D eigenvalue weighted by atomic mass is 35.5. The van der Waals surface area contributed by atoms with Crippen molar-refractivity contribution in [2.45, 2.75) is 19.1 Å². The first-order chi connectivity index (χ1) is 8.99. The molecule has 1 aliphatic rings. The molecular weight excluding hydrogens is 290 g/mol. The van der Waals surface area contributed by atoms with Crippen LogP contribution in [0.1, 0.15) is 17.3 Å². The molecule has 1 saturated heterocycles. The third kappa shape index (κ3) is 3.65. The number of nitrogens with two attached hydrogens (primary N) is 1. The van der Waals surface area contributed by atoms with Gasteiger partial charge in [0, 0.05) is 25.2 Å². The van der Waals surface area contributed by atoms with E-state index in [-0.39, 0.29) is 30.1 Å². The molecule has 1 aromatic rings. The smallest absolute Gasteiger partial charge is 0.257 e. The minimum absolute atomic E-state index is 0. The number of ether oxygens (including phenoxy) is 1. The topological polar surface area (TPSA) is 55.6 Å². The average Bonchev–Trinajstić information content (AvgIpc) is 2.38. The van der Waals surface area contributed by atoms with Crippen molar-refractivity contribution >= 4 is 18.3 Å². The third-order valence-corrected chi connectivity index (χ3v) is 3.13. The van der Waals surface area contributed by atoms with E-state index in [2.05, 4.69) is 0 Å². The first-order valence-electron chi connectivity index (χ1n) is 6.10. The molecule has 1 amide bonds. The van der Waals surface area contributed by atoms with E-state index < -0.39 is 17.5 Å². The first kappa shape index (κ1) is 16.8. The predicted molar refractivity (Wildman–Crippen MR) is 72.9 cm³/mol. The van der Waals surface area contributed by atoms with Gasteiger partial charge in [-0.1, -0.05) is 0 Å². The monoisotopic (exact) mass is 306 g/mol. The van der Waals surface area contributed by atoms with Gasteiger partial charge in [0.2, 0.25) is 0 Å². The molecule has 0 saturated carbocycles. The summed E-state index contributed by atoms with van der Waals surface area (Å²) in [5, 5.41) is 0. The van der Waals surface area contributed by atoms with Crippen molar-refractivity contribution in [1.82, 2.24) is 4.90 Å². The Morgan fingerprint density at radius 2 is 2.20 bits per heavy atom. The van der Waals surface area contributed by atoms with Gasteiger partial charge in [-0.15, -0.1) is 12.4 Å². The van der Waals surface area contributed by atoms with Gasteiger partial charge in [-0.05, 0) is 19.1 Å². The Hall–Kier alpha value is -1.24. The van der Waals surface area contributed by atoms with Crippen molar-refractivity contribution in [2.75, 3.05) is 19.7 Å². The lowest BCUT2D eigenvalue weighted by atomic mass is 10.1. The zero-order valence-corrected chi connectivity index (χ0v) is 11.8. The van der Waals surface area contributed by atoms with Gasteiger partial charge in [-0.2, -0.15) is 0 Å². The van der Waals surface area contributed by atoms with E-state index in [0.29, 0.717) is 25.8 Å². The van der Waals surface area contributed by atoms with Crippen molar-refractivity contribution in [2.24, 2.45) is 5.73 Å². The SMILES string of the molecule is CC(N)C1CN(C(=O)c2ccc(F)cc2F)CCO1.Cl. The minimum Gasteiger partial charge on any atom is -0.373 e. The van der Waals surface area contributed by atoms with Gasteiger partial charge >= 0.3 is 0 Å². The second kappa shape index (κ2) is 6.97. The summed E-state index contributed by atoms with van der Waals surface area (Å²) in [6.45, 7) is 2.84. The number of halogens is 3. The van der Waals surface area contributed by atoms with Crippen LogP contribution in [0.25, 0.3) is 0 Å². The second-order valence-corrected chi connectivity index (χ2v) is 4.64. The summed E-state index contributed by atoms with van der Waals surface area (Å²) in [6.07, 6.45) is -0.263. The summed E-state index contributed by atoms with van der Waals surface area (Å²) in [4.78, 5) is 13.6. The van der Waals surface area contributed by atoms with Crippen LogP contribution in [0.2, 0.25) is 0 Å². The van der Waals surface area contributed by atoms with Gasteiger partial charge in [-0.25, -0.2) is 8.78 Å². The zero-order chi connectivity index (χ0) is 14.0. The Kier molecular flexibility index (Phi) is 5.86. The maximum Gasteiger partial charge on any atom is 0.257 e. The van der Waals surface area contributed by atoms with Crippen molar-refractivity contribution in [3.63, 3.8) is 0 Å². The molecular formula is C13H17ClF2N2O2. The molecule has 7 heteroatoms. The average molecular weight is 307 g/mol. The molecule has 0 spiro atoms. The highest BCUT2D eigenvalue weighted by molar-refractivity contribution is 5.94. The largest absolute Gasteiger partial charge is 0.373 e. The van der Waals surface area contributed by atoms with Gasteiger partial charge in [0.1, 0.15) is 11.6 Å². The number of rotatable bonds is 2. The van der Waals surface area contributed by atoms with Gasteiger partial charge in [-0.3, -0.25) is 4.79 Å². The summed E-state index contributed by atoms with van der Waals surface area (Å²) < 4.78 is 31.8. The molecule has 1 aromatic carbocycles. The van der Waals surface area contributed by atoms with Crippen LogP contribution >= 0.6 is 12.4 Å². The number of nitrogens with zero attached hydrogens (tertiary/aromatic N) is 1. The van der Waals surface area contributed by atoms with Crippen LogP contribution in [0.15, 0.2) is 18.2 Å². The van der Waals surface area contributed by atoms with E-state index in [9.17, 15) is 13.6 Å². The molecule has 0 radical (unpaired) electrons.